The zero-order valence-electron chi connectivity index (χ0n) is 16.7. The fourth-order valence-corrected chi connectivity index (χ4v) is 3.25. The van der Waals surface area contributed by atoms with Gasteiger partial charge in [0.1, 0.15) is 5.75 Å². The first-order valence-electron chi connectivity index (χ1n) is 9.60. The van der Waals surface area contributed by atoms with Gasteiger partial charge in [-0.3, -0.25) is 4.79 Å². The van der Waals surface area contributed by atoms with Gasteiger partial charge in [0.15, 0.2) is 0 Å². The Hall–Kier alpha value is -2.04. The SMILES string of the molecule is CC(C)N(C(=O)Oc1cccc(NC(=O)C(C)(C)C)c1)C1CCCCC1. The second kappa shape index (κ2) is 8.56. The lowest BCUT2D eigenvalue weighted by molar-refractivity contribution is -0.123. The van der Waals surface area contributed by atoms with E-state index in [0.717, 1.165) is 25.7 Å². The van der Waals surface area contributed by atoms with E-state index in [-0.39, 0.29) is 24.1 Å². The summed E-state index contributed by atoms with van der Waals surface area (Å²) in [6, 6.07) is 7.35. The van der Waals surface area contributed by atoms with Crippen molar-refractivity contribution in [3.8, 4) is 5.75 Å². The zero-order valence-corrected chi connectivity index (χ0v) is 16.7. The topological polar surface area (TPSA) is 58.6 Å². The molecule has 1 aliphatic carbocycles. The molecule has 0 aliphatic heterocycles. The number of carbonyl (C=O) groups is 2. The van der Waals surface area contributed by atoms with Crippen LogP contribution in [0.2, 0.25) is 0 Å². The summed E-state index contributed by atoms with van der Waals surface area (Å²) >= 11 is 0. The van der Waals surface area contributed by atoms with Crippen molar-refractivity contribution in [2.75, 3.05) is 5.32 Å². The van der Waals surface area contributed by atoms with Gasteiger partial charge in [-0.15, -0.1) is 0 Å². The highest BCUT2D eigenvalue weighted by Gasteiger charge is 2.29. The number of nitrogens with one attached hydrogen (secondary N) is 1. The molecule has 0 saturated heterocycles. The third-order valence-electron chi connectivity index (χ3n) is 4.71. The molecule has 0 bridgehead atoms. The number of amides is 2. The van der Waals surface area contributed by atoms with Crippen LogP contribution in [0.15, 0.2) is 24.3 Å². The Morgan fingerprint density at radius 1 is 1.15 bits per heavy atom. The minimum absolute atomic E-state index is 0.0769. The van der Waals surface area contributed by atoms with E-state index in [1.165, 1.54) is 6.42 Å². The van der Waals surface area contributed by atoms with Crippen LogP contribution in [0.25, 0.3) is 0 Å². The van der Waals surface area contributed by atoms with Crippen LogP contribution in [-0.4, -0.2) is 29.0 Å². The van der Waals surface area contributed by atoms with Crippen LogP contribution < -0.4 is 10.1 Å². The van der Waals surface area contributed by atoms with Crippen molar-refractivity contribution in [2.24, 2.45) is 5.41 Å². The van der Waals surface area contributed by atoms with Crippen LogP contribution in [0.4, 0.5) is 10.5 Å². The summed E-state index contributed by atoms with van der Waals surface area (Å²) in [6.45, 7) is 9.62. The molecule has 1 N–H and O–H groups in total. The lowest BCUT2D eigenvalue weighted by Gasteiger charge is -2.36. The van der Waals surface area contributed by atoms with Crippen molar-refractivity contribution >= 4 is 17.7 Å². The maximum absolute atomic E-state index is 12.8. The number of benzene rings is 1. The Kier molecular flexibility index (Phi) is 6.68. The molecule has 1 aromatic carbocycles. The first kappa shape index (κ1) is 20.3. The van der Waals surface area contributed by atoms with Gasteiger partial charge in [0.25, 0.3) is 0 Å². The predicted octanol–water partition coefficient (Wildman–Crippen LogP) is 5.21. The quantitative estimate of drug-likeness (QED) is 0.801. The molecule has 0 aromatic heterocycles. The fourth-order valence-electron chi connectivity index (χ4n) is 3.25. The van der Waals surface area contributed by atoms with Crippen LogP contribution in [-0.2, 0) is 4.79 Å². The van der Waals surface area contributed by atoms with Crippen LogP contribution in [0.1, 0.15) is 66.7 Å². The standard InChI is InChI=1S/C21H32N2O3/c1-15(2)23(17-11-7-6-8-12-17)20(25)26-18-13-9-10-16(14-18)22-19(24)21(3,4)5/h9-10,13-15,17H,6-8,11-12H2,1-5H3,(H,22,24). The van der Waals surface area contributed by atoms with E-state index in [1.54, 1.807) is 24.3 Å². The summed E-state index contributed by atoms with van der Waals surface area (Å²) < 4.78 is 5.63. The average Bonchev–Trinajstić information content (AvgIpc) is 2.55. The lowest BCUT2D eigenvalue weighted by Crippen LogP contribution is -2.47. The second-order valence-electron chi connectivity index (χ2n) is 8.39. The molecule has 144 valence electrons. The number of hydrogen-bond donors (Lipinski definition) is 1. The van der Waals surface area contributed by atoms with Gasteiger partial charge in [-0.2, -0.15) is 0 Å². The summed E-state index contributed by atoms with van der Waals surface area (Å²) in [4.78, 5) is 26.8. The largest absolute Gasteiger partial charge is 0.415 e. The summed E-state index contributed by atoms with van der Waals surface area (Å²) in [5.74, 6) is 0.371. The van der Waals surface area contributed by atoms with Gasteiger partial charge in [-0.1, -0.05) is 46.1 Å². The van der Waals surface area contributed by atoms with E-state index < -0.39 is 5.41 Å². The Balaban J connectivity index is 2.07. The molecule has 2 rings (SSSR count). The summed E-state index contributed by atoms with van der Waals surface area (Å²) in [6.07, 6.45) is 5.33. The maximum Gasteiger partial charge on any atom is 0.415 e. The highest BCUT2D eigenvalue weighted by atomic mass is 16.6. The molecule has 2 amide bonds. The van der Waals surface area contributed by atoms with Crippen molar-refractivity contribution < 1.29 is 14.3 Å². The number of nitrogens with zero attached hydrogens (tertiary/aromatic N) is 1. The molecule has 0 heterocycles. The molecule has 5 nitrogen and oxygen atoms in total. The molecule has 0 unspecified atom stereocenters. The van der Waals surface area contributed by atoms with Gasteiger partial charge in [0.05, 0.1) is 0 Å². The molecule has 5 heteroatoms. The van der Waals surface area contributed by atoms with Gasteiger partial charge < -0.3 is 15.0 Å². The van der Waals surface area contributed by atoms with E-state index in [9.17, 15) is 9.59 Å². The van der Waals surface area contributed by atoms with Crippen molar-refractivity contribution in [2.45, 2.75) is 78.8 Å². The summed E-state index contributed by atoms with van der Waals surface area (Å²) in [7, 11) is 0. The fraction of sp³-hybridized carbons (Fsp3) is 0.619. The Labute approximate surface area is 157 Å². The van der Waals surface area contributed by atoms with E-state index in [1.807, 2.05) is 39.5 Å². The van der Waals surface area contributed by atoms with Gasteiger partial charge >= 0.3 is 6.09 Å². The molecule has 26 heavy (non-hydrogen) atoms. The molecular formula is C21H32N2O3. The molecular weight excluding hydrogens is 328 g/mol. The van der Waals surface area contributed by atoms with Crippen LogP contribution in [0.3, 0.4) is 0 Å². The molecule has 0 radical (unpaired) electrons. The van der Waals surface area contributed by atoms with E-state index in [4.69, 9.17) is 4.74 Å². The van der Waals surface area contributed by atoms with Crippen molar-refractivity contribution in [3.63, 3.8) is 0 Å². The second-order valence-corrected chi connectivity index (χ2v) is 8.39. The first-order valence-corrected chi connectivity index (χ1v) is 9.60. The maximum atomic E-state index is 12.8. The third-order valence-corrected chi connectivity index (χ3v) is 4.71. The highest BCUT2D eigenvalue weighted by molar-refractivity contribution is 5.94. The molecule has 1 aromatic rings. The molecule has 1 aliphatic rings. The number of carbonyl (C=O) groups excluding carboxylic acids is 2. The monoisotopic (exact) mass is 360 g/mol. The minimum Gasteiger partial charge on any atom is -0.410 e. The smallest absolute Gasteiger partial charge is 0.410 e. The van der Waals surface area contributed by atoms with E-state index in [2.05, 4.69) is 5.32 Å². The third kappa shape index (κ3) is 5.48. The molecule has 0 atom stereocenters. The minimum atomic E-state index is -0.484. The van der Waals surface area contributed by atoms with Crippen LogP contribution in [0, 0.1) is 5.41 Å². The highest BCUT2D eigenvalue weighted by Crippen LogP contribution is 2.26. The van der Waals surface area contributed by atoms with Gasteiger partial charge in [0.2, 0.25) is 5.91 Å². The predicted molar refractivity (Wildman–Crippen MR) is 104 cm³/mol. The van der Waals surface area contributed by atoms with Crippen LogP contribution in [0.5, 0.6) is 5.75 Å². The number of anilines is 1. The zero-order chi connectivity index (χ0) is 19.3. The number of hydrogen-bond acceptors (Lipinski definition) is 3. The Morgan fingerprint density at radius 3 is 2.38 bits per heavy atom. The first-order chi connectivity index (χ1) is 12.2. The van der Waals surface area contributed by atoms with Crippen molar-refractivity contribution in [1.82, 2.24) is 4.90 Å². The van der Waals surface area contributed by atoms with Crippen LogP contribution >= 0.6 is 0 Å². The summed E-state index contributed by atoms with van der Waals surface area (Å²) in [5, 5.41) is 2.87. The molecule has 1 saturated carbocycles. The average molecular weight is 360 g/mol. The van der Waals surface area contributed by atoms with Gasteiger partial charge in [-0.25, -0.2) is 4.79 Å². The molecule has 1 fully saturated rings. The summed E-state index contributed by atoms with van der Waals surface area (Å²) in [5.41, 5.74) is 0.145. The van der Waals surface area contributed by atoms with E-state index in [0.29, 0.717) is 11.4 Å². The number of ether oxygens (including phenoxy) is 1. The Bertz CT molecular complexity index is 628. The normalized spacial score (nSPS) is 15.6. The molecule has 0 spiro atoms. The number of rotatable bonds is 4. The van der Waals surface area contributed by atoms with Gasteiger partial charge in [0, 0.05) is 29.3 Å². The van der Waals surface area contributed by atoms with E-state index >= 15 is 0 Å². The van der Waals surface area contributed by atoms with Crippen molar-refractivity contribution in [1.29, 1.82) is 0 Å². The van der Waals surface area contributed by atoms with Crippen molar-refractivity contribution in [3.05, 3.63) is 24.3 Å². The van der Waals surface area contributed by atoms with Gasteiger partial charge in [-0.05, 0) is 38.8 Å². The lowest BCUT2D eigenvalue weighted by atomic mass is 9.94. The Morgan fingerprint density at radius 2 is 1.81 bits per heavy atom.